The fourth-order valence-electron chi connectivity index (χ4n) is 0.919. The van der Waals surface area contributed by atoms with Crippen molar-refractivity contribution in [2.24, 2.45) is 5.92 Å². The molecule has 0 spiro atoms. The number of carboxylic acids is 1. The normalized spacial score (nSPS) is 12.1. The zero-order chi connectivity index (χ0) is 11.7. The summed E-state index contributed by atoms with van der Waals surface area (Å²) < 4.78 is 0. The minimum absolute atomic E-state index is 0.119. The van der Waals surface area contributed by atoms with E-state index in [1.54, 1.807) is 11.8 Å². The lowest BCUT2D eigenvalue weighted by Gasteiger charge is -2.10. The number of carbonyl (C=O) groups excluding carboxylic acids is 1. The van der Waals surface area contributed by atoms with E-state index < -0.39 is 5.97 Å². The Balaban J connectivity index is 3.55. The highest BCUT2D eigenvalue weighted by atomic mass is 32.2. The lowest BCUT2D eigenvalue weighted by Crippen LogP contribution is -2.34. The zero-order valence-electron chi connectivity index (χ0n) is 9.28. The van der Waals surface area contributed by atoms with Crippen LogP contribution in [0.15, 0.2) is 0 Å². The lowest BCUT2D eigenvalue weighted by atomic mass is 10.2. The van der Waals surface area contributed by atoms with Crippen molar-refractivity contribution in [1.29, 1.82) is 0 Å². The second-order valence-electron chi connectivity index (χ2n) is 3.44. The number of hydrogen-bond donors (Lipinski definition) is 2. The molecule has 1 atom stereocenters. The van der Waals surface area contributed by atoms with Gasteiger partial charge in [0.1, 0.15) is 6.54 Å². The van der Waals surface area contributed by atoms with Gasteiger partial charge in [0.25, 0.3) is 0 Å². The third kappa shape index (κ3) is 8.30. The maximum atomic E-state index is 11.3. The van der Waals surface area contributed by atoms with E-state index in [0.29, 0.717) is 0 Å². The van der Waals surface area contributed by atoms with Gasteiger partial charge in [0, 0.05) is 11.7 Å². The number of thioether (sulfide) groups is 1. The first kappa shape index (κ1) is 14.3. The van der Waals surface area contributed by atoms with Crippen LogP contribution in [-0.4, -0.2) is 35.0 Å². The summed E-state index contributed by atoms with van der Waals surface area (Å²) >= 11 is 1.74. The van der Waals surface area contributed by atoms with Crippen LogP contribution in [0.4, 0.5) is 0 Å². The fraction of sp³-hybridized carbons (Fsp3) is 0.800. The van der Waals surface area contributed by atoms with Crippen molar-refractivity contribution in [3.8, 4) is 0 Å². The van der Waals surface area contributed by atoms with E-state index in [1.807, 2.05) is 6.92 Å². The van der Waals surface area contributed by atoms with E-state index in [-0.39, 0.29) is 18.4 Å². The molecule has 0 aliphatic rings. The number of aliphatic carboxylic acids is 1. The van der Waals surface area contributed by atoms with Crippen LogP contribution in [0.2, 0.25) is 0 Å². The quantitative estimate of drug-likeness (QED) is 0.621. The van der Waals surface area contributed by atoms with Gasteiger partial charge in [0.2, 0.25) is 5.91 Å². The van der Waals surface area contributed by atoms with Crippen molar-refractivity contribution in [3.05, 3.63) is 0 Å². The average molecular weight is 233 g/mol. The summed E-state index contributed by atoms with van der Waals surface area (Å²) in [6.07, 6.45) is 2.32. The van der Waals surface area contributed by atoms with Gasteiger partial charge in [-0.3, -0.25) is 9.59 Å². The Morgan fingerprint density at radius 1 is 1.47 bits per heavy atom. The number of rotatable bonds is 8. The number of carboxylic acid groups (broad SMARTS) is 1. The van der Waals surface area contributed by atoms with Crippen LogP contribution in [-0.2, 0) is 9.59 Å². The van der Waals surface area contributed by atoms with Crippen molar-refractivity contribution in [3.63, 3.8) is 0 Å². The van der Waals surface area contributed by atoms with Crippen LogP contribution in [0.1, 0.15) is 26.7 Å². The molecule has 0 aliphatic carbocycles. The SMILES string of the molecule is CCCCSCC(C)C(=O)NCC(=O)O. The van der Waals surface area contributed by atoms with E-state index in [4.69, 9.17) is 5.11 Å². The Morgan fingerprint density at radius 2 is 2.13 bits per heavy atom. The van der Waals surface area contributed by atoms with Gasteiger partial charge in [-0.25, -0.2) is 0 Å². The van der Waals surface area contributed by atoms with Crippen LogP contribution in [0, 0.1) is 5.92 Å². The molecule has 1 unspecified atom stereocenters. The first-order valence-electron chi connectivity index (χ1n) is 5.15. The molecule has 0 fully saturated rings. The van der Waals surface area contributed by atoms with Crippen molar-refractivity contribution in [2.75, 3.05) is 18.1 Å². The third-order valence-electron chi connectivity index (χ3n) is 1.87. The smallest absolute Gasteiger partial charge is 0.322 e. The number of carbonyl (C=O) groups is 2. The molecule has 0 rings (SSSR count). The first-order chi connectivity index (χ1) is 7.07. The molecule has 5 heteroatoms. The van der Waals surface area contributed by atoms with Crippen LogP contribution in [0.5, 0.6) is 0 Å². The van der Waals surface area contributed by atoms with Crippen LogP contribution in [0.3, 0.4) is 0 Å². The topological polar surface area (TPSA) is 66.4 Å². The van der Waals surface area contributed by atoms with E-state index in [0.717, 1.165) is 24.3 Å². The molecule has 0 aliphatic heterocycles. The first-order valence-corrected chi connectivity index (χ1v) is 6.30. The summed E-state index contributed by atoms with van der Waals surface area (Å²) in [6, 6.07) is 0. The Bertz CT molecular complexity index is 209. The summed E-state index contributed by atoms with van der Waals surface area (Å²) in [7, 11) is 0. The largest absolute Gasteiger partial charge is 0.480 e. The predicted octanol–water partition coefficient (Wildman–Crippen LogP) is 1.36. The molecule has 88 valence electrons. The molecule has 0 heterocycles. The van der Waals surface area contributed by atoms with Crippen molar-refractivity contribution < 1.29 is 14.7 Å². The molecule has 0 radical (unpaired) electrons. The van der Waals surface area contributed by atoms with Gasteiger partial charge in [-0.15, -0.1) is 0 Å². The van der Waals surface area contributed by atoms with Gasteiger partial charge in [0.05, 0.1) is 0 Å². The van der Waals surface area contributed by atoms with Gasteiger partial charge in [0.15, 0.2) is 0 Å². The highest BCUT2D eigenvalue weighted by molar-refractivity contribution is 7.99. The van der Waals surface area contributed by atoms with Gasteiger partial charge < -0.3 is 10.4 Å². The van der Waals surface area contributed by atoms with Gasteiger partial charge in [-0.2, -0.15) is 11.8 Å². The highest BCUT2D eigenvalue weighted by Gasteiger charge is 2.12. The Morgan fingerprint density at radius 3 is 2.67 bits per heavy atom. The summed E-state index contributed by atoms with van der Waals surface area (Å²) in [4.78, 5) is 21.5. The van der Waals surface area contributed by atoms with E-state index in [9.17, 15) is 9.59 Å². The van der Waals surface area contributed by atoms with E-state index in [2.05, 4.69) is 12.2 Å². The fourth-order valence-corrected chi connectivity index (χ4v) is 2.08. The van der Waals surface area contributed by atoms with Crippen LogP contribution >= 0.6 is 11.8 Å². The summed E-state index contributed by atoms with van der Waals surface area (Å²) in [5.74, 6) is 0.514. The van der Waals surface area contributed by atoms with Gasteiger partial charge >= 0.3 is 5.97 Å². The van der Waals surface area contributed by atoms with Gasteiger partial charge in [-0.05, 0) is 12.2 Å². The molecular weight excluding hydrogens is 214 g/mol. The molecule has 1 amide bonds. The summed E-state index contributed by atoms with van der Waals surface area (Å²) in [5.41, 5.74) is 0. The molecule has 4 nitrogen and oxygen atoms in total. The number of unbranched alkanes of at least 4 members (excludes halogenated alkanes) is 1. The Hall–Kier alpha value is -0.710. The standard InChI is InChI=1S/C10H19NO3S/c1-3-4-5-15-7-8(2)10(14)11-6-9(12)13/h8H,3-7H2,1-2H3,(H,11,14)(H,12,13). The maximum Gasteiger partial charge on any atom is 0.322 e. The monoisotopic (exact) mass is 233 g/mol. The molecule has 0 saturated heterocycles. The average Bonchev–Trinajstić information content (AvgIpc) is 2.20. The maximum absolute atomic E-state index is 11.3. The van der Waals surface area contributed by atoms with Crippen LogP contribution in [0.25, 0.3) is 0 Å². The zero-order valence-corrected chi connectivity index (χ0v) is 10.1. The van der Waals surface area contributed by atoms with E-state index in [1.165, 1.54) is 0 Å². The van der Waals surface area contributed by atoms with Crippen molar-refractivity contribution >= 4 is 23.6 Å². The molecular formula is C10H19NO3S. The van der Waals surface area contributed by atoms with Crippen LogP contribution < -0.4 is 5.32 Å². The molecule has 2 N–H and O–H groups in total. The molecule has 0 saturated carbocycles. The second-order valence-corrected chi connectivity index (χ2v) is 4.59. The number of amides is 1. The van der Waals surface area contributed by atoms with Crippen molar-refractivity contribution in [2.45, 2.75) is 26.7 Å². The molecule has 15 heavy (non-hydrogen) atoms. The third-order valence-corrected chi connectivity index (χ3v) is 3.18. The minimum atomic E-state index is -1.01. The molecule has 0 aromatic heterocycles. The van der Waals surface area contributed by atoms with Crippen molar-refractivity contribution in [1.82, 2.24) is 5.32 Å². The second kappa shape index (κ2) is 8.59. The molecule has 0 bridgehead atoms. The number of nitrogens with one attached hydrogen (secondary N) is 1. The lowest BCUT2D eigenvalue weighted by molar-refractivity contribution is -0.138. The number of hydrogen-bond acceptors (Lipinski definition) is 3. The van der Waals surface area contributed by atoms with E-state index >= 15 is 0 Å². The Labute approximate surface area is 94.8 Å². The Kier molecular flexibility index (Phi) is 8.18. The molecule has 0 aromatic rings. The summed E-state index contributed by atoms with van der Waals surface area (Å²) in [5, 5.41) is 10.7. The van der Waals surface area contributed by atoms with Gasteiger partial charge in [-0.1, -0.05) is 20.3 Å². The minimum Gasteiger partial charge on any atom is -0.480 e. The highest BCUT2D eigenvalue weighted by Crippen LogP contribution is 2.10. The summed E-state index contributed by atoms with van der Waals surface area (Å²) in [6.45, 7) is 3.66. The molecule has 0 aromatic carbocycles. The predicted molar refractivity (Wildman–Crippen MR) is 62.0 cm³/mol.